The SMILES string of the molecule is Cc1ccc(-c2nnc(CSc3nnc(-c4ccc(Cl)cc4)n3Cc3ccccc3)o2)cc1. The maximum atomic E-state index is 6.08. The first-order chi connectivity index (χ1) is 16.2. The van der Waals surface area contributed by atoms with Gasteiger partial charge in [0.2, 0.25) is 11.8 Å². The molecule has 0 N–H and O–H groups in total. The third kappa shape index (κ3) is 4.99. The molecule has 2 aromatic heterocycles. The van der Waals surface area contributed by atoms with Gasteiger partial charge in [0.15, 0.2) is 11.0 Å². The Morgan fingerprint density at radius 1 is 0.818 bits per heavy atom. The number of halogens is 1. The number of thioether (sulfide) groups is 1. The van der Waals surface area contributed by atoms with Crippen molar-refractivity contribution in [2.24, 2.45) is 0 Å². The molecule has 0 bridgehead atoms. The van der Waals surface area contributed by atoms with Crippen molar-refractivity contribution in [2.45, 2.75) is 24.4 Å². The first-order valence-corrected chi connectivity index (χ1v) is 11.8. The fraction of sp³-hybridized carbons (Fsp3) is 0.120. The number of aryl methyl sites for hydroxylation is 1. The number of hydrogen-bond donors (Lipinski definition) is 0. The minimum absolute atomic E-state index is 0.492. The number of nitrogens with zero attached hydrogens (tertiary/aromatic N) is 5. The second-order valence-electron chi connectivity index (χ2n) is 7.54. The lowest BCUT2D eigenvalue weighted by Crippen LogP contribution is -2.04. The molecule has 0 aliphatic rings. The highest BCUT2D eigenvalue weighted by Gasteiger charge is 2.17. The van der Waals surface area contributed by atoms with Crippen LogP contribution in [0.25, 0.3) is 22.8 Å². The molecule has 0 unspecified atom stereocenters. The molecule has 0 spiro atoms. The highest BCUT2D eigenvalue weighted by Crippen LogP contribution is 2.29. The van der Waals surface area contributed by atoms with Crippen LogP contribution in [0.5, 0.6) is 0 Å². The zero-order chi connectivity index (χ0) is 22.6. The third-order valence-electron chi connectivity index (χ3n) is 5.09. The maximum Gasteiger partial charge on any atom is 0.247 e. The molecule has 0 radical (unpaired) electrons. The minimum Gasteiger partial charge on any atom is -0.420 e. The van der Waals surface area contributed by atoms with Crippen molar-refractivity contribution in [3.8, 4) is 22.8 Å². The summed E-state index contributed by atoms with van der Waals surface area (Å²) >= 11 is 7.59. The van der Waals surface area contributed by atoms with E-state index in [2.05, 4.69) is 37.1 Å². The van der Waals surface area contributed by atoms with Crippen LogP contribution in [0.4, 0.5) is 0 Å². The molecule has 3 aromatic carbocycles. The van der Waals surface area contributed by atoms with Gasteiger partial charge in [-0.25, -0.2) is 0 Å². The summed E-state index contributed by atoms with van der Waals surface area (Å²) < 4.78 is 7.98. The summed E-state index contributed by atoms with van der Waals surface area (Å²) in [5.41, 5.74) is 4.20. The van der Waals surface area contributed by atoms with E-state index in [1.165, 1.54) is 17.3 Å². The molecule has 8 heteroatoms. The second-order valence-corrected chi connectivity index (χ2v) is 8.92. The van der Waals surface area contributed by atoms with Crippen molar-refractivity contribution in [1.29, 1.82) is 0 Å². The topological polar surface area (TPSA) is 69.6 Å². The molecule has 2 heterocycles. The van der Waals surface area contributed by atoms with Gasteiger partial charge in [-0.3, -0.25) is 4.57 Å². The molecule has 0 fully saturated rings. The Balaban J connectivity index is 1.39. The van der Waals surface area contributed by atoms with Gasteiger partial charge in [0, 0.05) is 16.1 Å². The molecule has 6 nitrogen and oxygen atoms in total. The standard InChI is InChI=1S/C25H20ClN5OS/c1-17-7-9-20(10-8-17)24-29-27-22(32-24)16-33-25-30-28-23(19-11-13-21(26)14-12-19)31(25)15-18-5-3-2-4-6-18/h2-14H,15-16H2,1H3. The molecular formula is C25H20ClN5OS. The summed E-state index contributed by atoms with van der Waals surface area (Å²) in [5.74, 6) is 2.33. The smallest absolute Gasteiger partial charge is 0.247 e. The molecule has 33 heavy (non-hydrogen) atoms. The largest absolute Gasteiger partial charge is 0.420 e. The number of benzene rings is 3. The Labute approximate surface area is 200 Å². The molecule has 0 saturated carbocycles. The summed E-state index contributed by atoms with van der Waals surface area (Å²) in [6, 6.07) is 25.9. The molecule has 0 aliphatic heterocycles. The molecule has 0 saturated heterocycles. The van der Waals surface area contributed by atoms with Crippen LogP contribution in [0, 0.1) is 6.92 Å². The van der Waals surface area contributed by atoms with Gasteiger partial charge in [0.1, 0.15) is 0 Å². The first kappa shape index (κ1) is 21.4. The maximum absolute atomic E-state index is 6.08. The second kappa shape index (κ2) is 9.60. The predicted molar refractivity (Wildman–Crippen MR) is 130 cm³/mol. The lowest BCUT2D eigenvalue weighted by Gasteiger charge is -2.10. The highest BCUT2D eigenvalue weighted by atomic mass is 35.5. The van der Waals surface area contributed by atoms with Gasteiger partial charge < -0.3 is 4.42 Å². The van der Waals surface area contributed by atoms with Crippen LogP contribution in [-0.4, -0.2) is 25.0 Å². The zero-order valence-corrected chi connectivity index (χ0v) is 19.4. The van der Waals surface area contributed by atoms with Crippen molar-refractivity contribution < 1.29 is 4.42 Å². The summed E-state index contributed by atoms with van der Waals surface area (Å²) in [5, 5.41) is 18.8. The van der Waals surface area contributed by atoms with E-state index in [0.29, 0.717) is 29.1 Å². The summed E-state index contributed by atoms with van der Waals surface area (Å²) in [7, 11) is 0. The first-order valence-electron chi connectivity index (χ1n) is 10.4. The Morgan fingerprint density at radius 3 is 2.30 bits per heavy atom. The average Bonchev–Trinajstić information content (AvgIpc) is 3.47. The molecule has 5 aromatic rings. The number of hydrogen-bond acceptors (Lipinski definition) is 6. The molecular weight excluding hydrogens is 454 g/mol. The van der Waals surface area contributed by atoms with Crippen LogP contribution in [-0.2, 0) is 12.3 Å². The average molecular weight is 474 g/mol. The van der Waals surface area contributed by atoms with Crippen molar-refractivity contribution in [1.82, 2.24) is 25.0 Å². The van der Waals surface area contributed by atoms with Crippen LogP contribution in [0.1, 0.15) is 17.0 Å². The Morgan fingerprint density at radius 2 is 1.55 bits per heavy atom. The van der Waals surface area contributed by atoms with E-state index in [-0.39, 0.29) is 0 Å². The lowest BCUT2D eigenvalue weighted by molar-refractivity contribution is 0.528. The number of rotatable bonds is 7. The normalized spacial score (nSPS) is 11.1. The third-order valence-corrected chi connectivity index (χ3v) is 6.30. The molecule has 0 aliphatic carbocycles. The van der Waals surface area contributed by atoms with Crippen molar-refractivity contribution >= 4 is 23.4 Å². The van der Waals surface area contributed by atoms with Gasteiger partial charge in [-0.2, -0.15) is 0 Å². The highest BCUT2D eigenvalue weighted by molar-refractivity contribution is 7.98. The quantitative estimate of drug-likeness (QED) is 0.258. The van der Waals surface area contributed by atoms with E-state index >= 15 is 0 Å². The summed E-state index contributed by atoms with van der Waals surface area (Å²) in [6.07, 6.45) is 0. The predicted octanol–water partition coefficient (Wildman–Crippen LogP) is 6.30. The van der Waals surface area contributed by atoms with Crippen LogP contribution < -0.4 is 0 Å². The number of aromatic nitrogens is 5. The Hall–Kier alpha value is -3.42. The van der Waals surface area contributed by atoms with Gasteiger partial charge in [-0.05, 0) is 48.9 Å². The van der Waals surface area contributed by atoms with E-state index in [4.69, 9.17) is 16.0 Å². The summed E-state index contributed by atoms with van der Waals surface area (Å²) in [6.45, 7) is 2.69. The fourth-order valence-electron chi connectivity index (χ4n) is 3.37. The van der Waals surface area contributed by atoms with Gasteiger partial charge in [0.05, 0.1) is 12.3 Å². The fourth-order valence-corrected chi connectivity index (χ4v) is 4.27. The van der Waals surface area contributed by atoms with Crippen LogP contribution in [0.15, 0.2) is 88.4 Å². The van der Waals surface area contributed by atoms with Crippen LogP contribution in [0.3, 0.4) is 0 Å². The molecule has 0 amide bonds. The van der Waals surface area contributed by atoms with Gasteiger partial charge in [-0.1, -0.05) is 71.4 Å². The van der Waals surface area contributed by atoms with Crippen molar-refractivity contribution in [3.63, 3.8) is 0 Å². The zero-order valence-electron chi connectivity index (χ0n) is 17.9. The lowest BCUT2D eigenvalue weighted by atomic mass is 10.1. The minimum atomic E-state index is 0.492. The van der Waals surface area contributed by atoms with Crippen LogP contribution >= 0.6 is 23.4 Å². The van der Waals surface area contributed by atoms with E-state index < -0.39 is 0 Å². The van der Waals surface area contributed by atoms with Gasteiger partial charge in [-0.15, -0.1) is 20.4 Å². The van der Waals surface area contributed by atoms with E-state index in [1.54, 1.807) is 0 Å². The Bertz CT molecular complexity index is 1350. The van der Waals surface area contributed by atoms with Crippen LogP contribution in [0.2, 0.25) is 5.02 Å². The Kier molecular flexibility index (Phi) is 6.24. The van der Waals surface area contributed by atoms with E-state index in [9.17, 15) is 0 Å². The molecule has 164 valence electrons. The van der Waals surface area contributed by atoms with E-state index in [0.717, 1.165) is 27.7 Å². The van der Waals surface area contributed by atoms with E-state index in [1.807, 2.05) is 73.7 Å². The summed E-state index contributed by atoms with van der Waals surface area (Å²) in [4.78, 5) is 0. The van der Waals surface area contributed by atoms with Crippen molar-refractivity contribution in [3.05, 3.63) is 101 Å². The monoisotopic (exact) mass is 473 g/mol. The van der Waals surface area contributed by atoms with Gasteiger partial charge in [0.25, 0.3) is 0 Å². The van der Waals surface area contributed by atoms with Gasteiger partial charge >= 0.3 is 0 Å². The molecule has 5 rings (SSSR count). The molecule has 0 atom stereocenters. The van der Waals surface area contributed by atoms with Crippen molar-refractivity contribution in [2.75, 3.05) is 0 Å².